The van der Waals surface area contributed by atoms with Gasteiger partial charge in [0.05, 0.1) is 12.5 Å². The zero-order chi connectivity index (χ0) is 25.4. The molecule has 1 amide bonds. The molecular weight excluding hydrogens is 448 g/mol. The second-order valence-electron chi connectivity index (χ2n) is 8.47. The van der Waals surface area contributed by atoms with E-state index in [2.05, 4.69) is 5.32 Å². The van der Waals surface area contributed by atoms with Crippen LogP contribution in [-0.4, -0.2) is 31.8 Å². The number of pyridine rings is 1. The molecular formula is C27H30N2O6. The SMILES string of the molecule is CCCCC(C(=O)N[C@@H](CC(=O)O)c1ccc(O)c(O)c1)n1cccc(Cc2ccccc2)c1=O. The van der Waals surface area contributed by atoms with Crippen LogP contribution >= 0.6 is 0 Å². The molecule has 0 saturated heterocycles. The van der Waals surface area contributed by atoms with Gasteiger partial charge in [0.1, 0.15) is 6.04 Å². The molecule has 0 aliphatic rings. The first-order chi connectivity index (χ1) is 16.8. The van der Waals surface area contributed by atoms with Crippen molar-refractivity contribution in [2.75, 3.05) is 0 Å². The number of carbonyl (C=O) groups excluding carboxylic acids is 1. The van der Waals surface area contributed by atoms with Crippen LogP contribution < -0.4 is 10.9 Å². The van der Waals surface area contributed by atoms with Crippen LogP contribution in [0.4, 0.5) is 0 Å². The lowest BCUT2D eigenvalue weighted by atomic mass is 10.0. The normalized spacial score (nSPS) is 12.6. The number of carboxylic acids is 1. The Morgan fingerprint density at radius 2 is 1.74 bits per heavy atom. The number of aromatic hydroxyl groups is 2. The highest BCUT2D eigenvalue weighted by molar-refractivity contribution is 5.81. The Balaban J connectivity index is 1.92. The summed E-state index contributed by atoms with van der Waals surface area (Å²) in [5.74, 6) is -2.40. The van der Waals surface area contributed by atoms with E-state index in [0.29, 0.717) is 30.4 Å². The lowest BCUT2D eigenvalue weighted by Gasteiger charge is -2.24. The van der Waals surface area contributed by atoms with Crippen LogP contribution in [-0.2, 0) is 16.0 Å². The van der Waals surface area contributed by atoms with Crippen molar-refractivity contribution >= 4 is 11.9 Å². The van der Waals surface area contributed by atoms with Gasteiger partial charge in [-0.05, 0) is 35.7 Å². The minimum atomic E-state index is -1.14. The van der Waals surface area contributed by atoms with Gasteiger partial charge in [0, 0.05) is 18.2 Å². The quantitative estimate of drug-likeness (QED) is 0.309. The van der Waals surface area contributed by atoms with Crippen molar-refractivity contribution in [3.05, 3.63) is 93.9 Å². The summed E-state index contributed by atoms with van der Waals surface area (Å²) in [6, 6.07) is 15.1. The molecule has 0 fully saturated rings. The van der Waals surface area contributed by atoms with Gasteiger partial charge in [0.25, 0.3) is 5.56 Å². The van der Waals surface area contributed by atoms with E-state index in [0.717, 1.165) is 12.0 Å². The number of phenols is 2. The molecule has 1 heterocycles. The van der Waals surface area contributed by atoms with E-state index < -0.39 is 36.1 Å². The van der Waals surface area contributed by atoms with E-state index in [9.17, 15) is 29.7 Å². The van der Waals surface area contributed by atoms with Crippen LogP contribution in [0.15, 0.2) is 71.7 Å². The summed E-state index contributed by atoms with van der Waals surface area (Å²) in [6.07, 6.45) is 3.48. The van der Waals surface area contributed by atoms with E-state index in [1.54, 1.807) is 18.3 Å². The van der Waals surface area contributed by atoms with Crippen LogP contribution in [0.1, 0.15) is 61.4 Å². The van der Waals surface area contributed by atoms with E-state index in [4.69, 9.17) is 0 Å². The molecule has 0 bridgehead atoms. The summed E-state index contributed by atoms with van der Waals surface area (Å²) in [6.45, 7) is 1.98. The Hall–Kier alpha value is -4.07. The fourth-order valence-corrected chi connectivity index (χ4v) is 4.00. The molecule has 8 nitrogen and oxygen atoms in total. The third-order valence-corrected chi connectivity index (χ3v) is 5.86. The second-order valence-corrected chi connectivity index (χ2v) is 8.47. The van der Waals surface area contributed by atoms with E-state index in [1.807, 2.05) is 37.3 Å². The first-order valence-corrected chi connectivity index (χ1v) is 11.6. The van der Waals surface area contributed by atoms with Crippen LogP contribution in [0.2, 0.25) is 0 Å². The highest BCUT2D eigenvalue weighted by Gasteiger charge is 2.26. The number of phenolic OH excluding ortho intramolecular Hbond substituents is 2. The van der Waals surface area contributed by atoms with Gasteiger partial charge in [-0.15, -0.1) is 0 Å². The summed E-state index contributed by atoms with van der Waals surface area (Å²) in [7, 11) is 0. The third-order valence-electron chi connectivity index (χ3n) is 5.86. The Kier molecular flexibility index (Phi) is 8.67. The lowest BCUT2D eigenvalue weighted by Crippen LogP contribution is -2.40. The van der Waals surface area contributed by atoms with E-state index >= 15 is 0 Å². The van der Waals surface area contributed by atoms with Gasteiger partial charge < -0.3 is 25.2 Å². The van der Waals surface area contributed by atoms with Gasteiger partial charge in [-0.25, -0.2) is 0 Å². The predicted octanol–water partition coefficient (Wildman–Crippen LogP) is 3.91. The van der Waals surface area contributed by atoms with Crippen molar-refractivity contribution in [2.24, 2.45) is 0 Å². The summed E-state index contributed by atoms with van der Waals surface area (Å²) in [4.78, 5) is 38.2. The minimum Gasteiger partial charge on any atom is -0.504 e. The van der Waals surface area contributed by atoms with Crippen LogP contribution in [0.3, 0.4) is 0 Å². The molecule has 0 aliphatic heterocycles. The molecule has 2 atom stereocenters. The number of hydrogen-bond acceptors (Lipinski definition) is 5. The number of nitrogens with zero attached hydrogens (tertiary/aromatic N) is 1. The van der Waals surface area contributed by atoms with Gasteiger partial charge in [0.2, 0.25) is 5.91 Å². The van der Waals surface area contributed by atoms with Gasteiger partial charge >= 0.3 is 5.97 Å². The number of hydrogen-bond donors (Lipinski definition) is 4. The maximum Gasteiger partial charge on any atom is 0.305 e. The number of rotatable bonds is 11. The molecule has 1 unspecified atom stereocenters. The monoisotopic (exact) mass is 478 g/mol. The van der Waals surface area contributed by atoms with E-state index in [1.165, 1.54) is 22.8 Å². The first kappa shape index (κ1) is 25.6. The first-order valence-electron chi connectivity index (χ1n) is 11.6. The molecule has 35 heavy (non-hydrogen) atoms. The topological polar surface area (TPSA) is 129 Å². The Labute approximate surface area is 203 Å². The van der Waals surface area contributed by atoms with Crippen LogP contribution in [0, 0.1) is 0 Å². The number of aromatic nitrogens is 1. The zero-order valence-electron chi connectivity index (χ0n) is 19.6. The van der Waals surface area contributed by atoms with Crippen molar-refractivity contribution in [3.8, 4) is 11.5 Å². The number of nitrogens with one attached hydrogen (secondary N) is 1. The van der Waals surface area contributed by atoms with Gasteiger partial charge in [0.15, 0.2) is 11.5 Å². The molecule has 0 aliphatic carbocycles. The number of unbranched alkanes of at least 4 members (excludes halogenated alkanes) is 1. The molecule has 0 spiro atoms. The largest absolute Gasteiger partial charge is 0.504 e. The highest BCUT2D eigenvalue weighted by Crippen LogP contribution is 2.29. The standard InChI is InChI=1S/C27H30N2O6/c1-2-3-11-22(29-14-7-10-20(27(29)35)15-18-8-5-4-6-9-18)26(34)28-21(17-25(32)33)19-12-13-23(30)24(31)16-19/h4-10,12-14,16,21-22,30-31H,2-3,11,15,17H2,1H3,(H,28,34)(H,32,33)/t21-,22?/m0/s1. The molecule has 184 valence electrons. The van der Waals surface area contributed by atoms with Crippen molar-refractivity contribution in [3.63, 3.8) is 0 Å². The number of carboxylic acid groups (broad SMARTS) is 1. The van der Waals surface area contributed by atoms with Crippen molar-refractivity contribution < 1.29 is 24.9 Å². The summed E-state index contributed by atoms with van der Waals surface area (Å²) < 4.78 is 1.41. The van der Waals surface area contributed by atoms with Crippen molar-refractivity contribution in [1.29, 1.82) is 0 Å². The number of aliphatic carboxylic acids is 1. The van der Waals surface area contributed by atoms with Gasteiger partial charge in [-0.3, -0.25) is 14.4 Å². The number of carbonyl (C=O) groups is 2. The van der Waals surface area contributed by atoms with E-state index in [-0.39, 0.29) is 11.3 Å². The summed E-state index contributed by atoms with van der Waals surface area (Å²) in [5.41, 5.74) is 1.59. The average molecular weight is 479 g/mol. The highest BCUT2D eigenvalue weighted by atomic mass is 16.4. The average Bonchev–Trinajstić information content (AvgIpc) is 2.83. The second kappa shape index (κ2) is 11.9. The lowest BCUT2D eigenvalue weighted by molar-refractivity contribution is -0.138. The van der Waals surface area contributed by atoms with Crippen molar-refractivity contribution in [2.45, 2.75) is 51.1 Å². The summed E-state index contributed by atoms with van der Waals surface area (Å²) >= 11 is 0. The van der Waals surface area contributed by atoms with Crippen LogP contribution in [0.25, 0.3) is 0 Å². The minimum absolute atomic E-state index is 0.273. The smallest absolute Gasteiger partial charge is 0.305 e. The fraction of sp³-hybridized carbons (Fsp3) is 0.296. The maximum atomic E-state index is 13.4. The molecule has 4 N–H and O–H groups in total. The molecule has 3 rings (SSSR count). The molecule has 1 aromatic heterocycles. The molecule has 0 radical (unpaired) electrons. The predicted molar refractivity (Wildman–Crippen MR) is 131 cm³/mol. The van der Waals surface area contributed by atoms with Crippen LogP contribution in [0.5, 0.6) is 11.5 Å². The third kappa shape index (κ3) is 6.72. The zero-order valence-corrected chi connectivity index (χ0v) is 19.6. The Morgan fingerprint density at radius 3 is 2.40 bits per heavy atom. The fourth-order valence-electron chi connectivity index (χ4n) is 4.00. The Bertz CT molecular complexity index is 1220. The molecule has 2 aromatic carbocycles. The summed E-state index contributed by atoms with van der Waals surface area (Å²) in [5, 5.41) is 31.6. The maximum absolute atomic E-state index is 13.4. The van der Waals surface area contributed by atoms with Gasteiger partial charge in [-0.2, -0.15) is 0 Å². The van der Waals surface area contributed by atoms with Gasteiger partial charge in [-0.1, -0.05) is 62.2 Å². The van der Waals surface area contributed by atoms with Crippen molar-refractivity contribution in [1.82, 2.24) is 9.88 Å². The molecule has 0 saturated carbocycles. The number of benzene rings is 2. The number of amides is 1. The molecule has 8 heteroatoms. The Morgan fingerprint density at radius 1 is 1.00 bits per heavy atom. The molecule has 3 aromatic rings.